The minimum Gasteiger partial charge on any atom is -0.350 e. The molecule has 0 aliphatic heterocycles. The van der Waals surface area contributed by atoms with E-state index < -0.39 is 6.04 Å². The summed E-state index contributed by atoms with van der Waals surface area (Å²) in [5.74, 6) is -0.0875. The maximum Gasteiger partial charge on any atom is 0.243 e. The molecule has 1 atom stereocenters. The summed E-state index contributed by atoms with van der Waals surface area (Å²) in [5.41, 5.74) is 4.37. The van der Waals surface area contributed by atoms with E-state index in [1.165, 1.54) is 5.56 Å². The van der Waals surface area contributed by atoms with Gasteiger partial charge in [0.2, 0.25) is 11.8 Å². The van der Waals surface area contributed by atoms with Crippen LogP contribution in [0.25, 0.3) is 0 Å². The summed E-state index contributed by atoms with van der Waals surface area (Å²) in [6.45, 7) is 16.9. The minimum atomic E-state index is -0.500. The number of hydrogen-bond donors (Lipinski definition) is 1. The number of hydrogen-bond acceptors (Lipinski definition) is 2. The summed E-state index contributed by atoms with van der Waals surface area (Å²) >= 11 is 0. The number of carbonyl (C=O) groups excluding carboxylic acids is 2. The molecular weight excluding hydrogens is 408 g/mol. The highest BCUT2D eigenvalue weighted by molar-refractivity contribution is 5.88. The molecule has 0 saturated carbocycles. The van der Waals surface area contributed by atoms with Gasteiger partial charge in [-0.2, -0.15) is 0 Å². The van der Waals surface area contributed by atoms with Crippen LogP contribution in [0.5, 0.6) is 0 Å². The van der Waals surface area contributed by atoms with Crippen LogP contribution in [0.2, 0.25) is 0 Å². The normalized spacial score (nSPS) is 12.8. The monoisotopic (exact) mass is 450 g/mol. The molecule has 4 heteroatoms. The van der Waals surface area contributed by atoms with Crippen molar-refractivity contribution in [3.8, 4) is 0 Å². The van der Waals surface area contributed by atoms with Crippen molar-refractivity contribution in [3.05, 3.63) is 70.8 Å². The highest BCUT2D eigenvalue weighted by atomic mass is 16.2. The molecule has 0 fully saturated rings. The Labute approximate surface area is 200 Å². The number of benzene rings is 2. The van der Waals surface area contributed by atoms with Gasteiger partial charge in [0.25, 0.3) is 0 Å². The van der Waals surface area contributed by atoms with Gasteiger partial charge in [0, 0.05) is 18.5 Å². The molecule has 0 aliphatic rings. The summed E-state index contributed by atoms with van der Waals surface area (Å²) in [5, 5.41) is 3.07. The Morgan fingerprint density at radius 3 is 2.06 bits per heavy atom. The second-order valence-corrected chi connectivity index (χ2v) is 11.1. The van der Waals surface area contributed by atoms with E-state index in [0.29, 0.717) is 25.8 Å². The van der Waals surface area contributed by atoms with Crippen LogP contribution in [-0.4, -0.2) is 28.3 Å². The zero-order chi connectivity index (χ0) is 24.8. The van der Waals surface area contributed by atoms with Crippen molar-refractivity contribution in [2.75, 3.05) is 0 Å². The van der Waals surface area contributed by atoms with Gasteiger partial charge >= 0.3 is 0 Å². The lowest BCUT2D eigenvalue weighted by molar-refractivity contribution is -0.142. The lowest BCUT2D eigenvalue weighted by Gasteiger charge is -2.33. The van der Waals surface area contributed by atoms with E-state index >= 15 is 0 Å². The number of nitrogens with zero attached hydrogens (tertiary/aromatic N) is 1. The summed E-state index contributed by atoms with van der Waals surface area (Å²) in [6.07, 6.45) is 1.60. The lowest BCUT2D eigenvalue weighted by Crippen LogP contribution is -2.53. The van der Waals surface area contributed by atoms with Crippen molar-refractivity contribution < 1.29 is 9.59 Å². The highest BCUT2D eigenvalue weighted by Gasteiger charge is 2.30. The van der Waals surface area contributed by atoms with E-state index in [4.69, 9.17) is 0 Å². The molecule has 0 saturated heterocycles. The highest BCUT2D eigenvalue weighted by Crippen LogP contribution is 2.23. The zero-order valence-electron chi connectivity index (χ0n) is 21.8. The maximum absolute atomic E-state index is 13.5. The Morgan fingerprint density at radius 2 is 1.55 bits per heavy atom. The Morgan fingerprint density at radius 1 is 0.939 bits per heavy atom. The average molecular weight is 451 g/mol. The van der Waals surface area contributed by atoms with Gasteiger partial charge in [-0.15, -0.1) is 0 Å². The fourth-order valence-corrected chi connectivity index (χ4v) is 3.91. The number of amides is 2. The quantitative estimate of drug-likeness (QED) is 0.540. The first-order valence-electron chi connectivity index (χ1n) is 12.1. The van der Waals surface area contributed by atoms with E-state index in [2.05, 4.69) is 50.4 Å². The third-order valence-corrected chi connectivity index (χ3v) is 5.93. The summed E-state index contributed by atoms with van der Waals surface area (Å²) in [6, 6.07) is 16.1. The number of carbonyl (C=O) groups is 2. The van der Waals surface area contributed by atoms with Crippen LogP contribution in [0.15, 0.2) is 48.5 Å². The minimum absolute atomic E-state index is 0.00839. The molecular formula is C29H42N2O2. The predicted molar refractivity (Wildman–Crippen MR) is 137 cm³/mol. The van der Waals surface area contributed by atoms with Gasteiger partial charge in [0.1, 0.15) is 6.04 Å². The molecule has 0 aromatic heterocycles. The standard InChI is InChI=1S/C29H42N2O2/c1-9-25(27(33)30-29(6,7)8)31(20-23-13-11-10-12-21(23)2)26(32)19-16-22-14-17-24(18-15-22)28(3,4)5/h10-15,17-18,25H,9,16,19-20H2,1-8H3,(H,30,33). The molecule has 4 nitrogen and oxygen atoms in total. The molecule has 2 aromatic carbocycles. The van der Waals surface area contributed by atoms with Crippen molar-refractivity contribution in [3.63, 3.8) is 0 Å². The Bertz CT molecular complexity index is 933. The van der Waals surface area contributed by atoms with Crippen LogP contribution >= 0.6 is 0 Å². The van der Waals surface area contributed by atoms with Crippen molar-refractivity contribution in [2.24, 2.45) is 0 Å². The van der Waals surface area contributed by atoms with E-state index in [1.807, 2.05) is 58.9 Å². The SMILES string of the molecule is CCC(C(=O)NC(C)(C)C)N(Cc1ccccc1C)C(=O)CCc1ccc(C(C)(C)C)cc1. The molecule has 33 heavy (non-hydrogen) atoms. The van der Waals surface area contributed by atoms with Gasteiger partial charge in [-0.25, -0.2) is 0 Å². The van der Waals surface area contributed by atoms with Crippen LogP contribution in [-0.2, 0) is 28.0 Å². The smallest absolute Gasteiger partial charge is 0.243 e. The van der Waals surface area contributed by atoms with Gasteiger partial charge in [-0.3, -0.25) is 9.59 Å². The van der Waals surface area contributed by atoms with Gasteiger partial charge < -0.3 is 10.2 Å². The molecule has 2 amide bonds. The van der Waals surface area contributed by atoms with Gasteiger partial charge in [0.15, 0.2) is 0 Å². The predicted octanol–water partition coefficient (Wildman–Crippen LogP) is 5.95. The summed E-state index contributed by atoms with van der Waals surface area (Å²) in [4.78, 5) is 28.4. The lowest BCUT2D eigenvalue weighted by atomic mass is 9.86. The van der Waals surface area contributed by atoms with Gasteiger partial charge in [-0.1, -0.05) is 76.2 Å². The Balaban J connectivity index is 2.23. The number of aryl methyl sites for hydroxylation is 2. The fraction of sp³-hybridized carbons (Fsp3) is 0.517. The third kappa shape index (κ3) is 8.03. The topological polar surface area (TPSA) is 49.4 Å². The van der Waals surface area contributed by atoms with Gasteiger partial charge in [0.05, 0.1) is 0 Å². The Hall–Kier alpha value is -2.62. The Kier molecular flexibility index (Phi) is 8.88. The fourth-order valence-electron chi connectivity index (χ4n) is 3.91. The van der Waals surface area contributed by atoms with Crippen LogP contribution in [0.4, 0.5) is 0 Å². The summed E-state index contributed by atoms with van der Waals surface area (Å²) < 4.78 is 0. The molecule has 0 heterocycles. The first-order valence-corrected chi connectivity index (χ1v) is 12.1. The molecule has 0 radical (unpaired) electrons. The van der Waals surface area contributed by atoms with Crippen molar-refractivity contribution in [2.45, 2.75) is 98.2 Å². The zero-order valence-corrected chi connectivity index (χ0v) is 21.8. The van der Waals surface area contributed by atoms with E-state index in [1.54, 1.807) is 4.90 Å². The number of rotatable bonds is 8. The van der Waals surface area contributed by atoms with Gasteiger partial charge in [-0.05, 0) is 68.2 Å². The molecule has 0 bridgehead atoms. The maximum atomic E-state index is 13.5. The summed E-state index contributed by atoms with van der Waals surface area (Å²) in [7, 11) is 0. The van der Waals surface area contributed by atoms with Crippen molar-refractivity contribution in [1.29, 1.82) is 0 Å². The molecule has 2 rings (SSSR count). The third-order valence-electron chi connectivity index (χ3n) is 5.93. The van der Waals surface area contributed by atoms with Crippen LogP contribution in [0.3, 0.4) is 0 Å². The largest absolute Gasteiger partial charge is 0.350 e. The van der Waals surface area contributed by atoms with E-state index in [0.717, 1.165) is 16.7 Å². The first kappa shape index (κ1) is 26.6. The van der Waals surface area contributed by atoms with Crippen molar-refractivity contribution >= 4 is 11.8 Å². The van der Waals surface area contributed by atoms with Crippen LogP contribution in [0.1, 0.15) is 83.6 Å². The molecule has 1 unspecified atom stereocenters. The van der Waals surface area contributed by atoms with E-state index in [9.17, 15) is 9.59 Å². The second-order valence-electron chi connectivity index (χ2n) is 11.1. The first-order chi connectivity index (χ1) is 15.3. The average Bonchev–Trinajstić information content (AvgIpc) is 2.71. The van der Waals surface area contributed by atoms with E-state index in [-0.39, 0.29) is 22.8 Å². The molecule has 180 valence electrons. The molecule has 0 aliphatic carbocycles. The number of nitrogens with one attached hydrogen (secondary N) is 1. The molecule has 2 aromatic rings. The van der Waals surface area contributed by atoms with Crippen LogP contribution in [0, 0.1) is 6.92 Å². The van der Waals surface area contributed by atoms with Crippen LogP contribution < -0.4 is 5.32 Å². The molecule has 1 N–H and O–H groups in total. The second kappa shape index (κ2) is 11.0. The van der Waals surface area contributed by atoms with Crippen molar-refractivity contribution in [1.82, 2.24) is 10.2 Å². The molecule has 0 spiro atoms.